The van der Waals surface area contributed by atoms with E-state index in [2.05, 4.69) is 59.4 Å². The number of carbonyl (C=O) groups is 5. The molecule has 52 heavy (non-hydrogen) atoms. The van der Waals surface area contributed by atoms with E-state index in [9.17, 15) is 24.0 Å². The molecule has 0 aliphatic carbocycles. The molecule has 4 aromatic heterocycles. The van der Waals surface area contributed by atoms with Gasteiger partial charge in [0, 0.05) is 77.9 Å². The van der Waals surface area contributed by atoms with Crippen LogP contribution in [0.25, 0.3) is 11.0 Å². The van der Waals surface area contributed by atoms with Crippen molar-refractivity contribution >= 4 is 85.0 Å². The summed E-state index contributed by atoms with van der Waals surface area (Å²) in [6.07, 6.45) is 5.35. The average Bonchev–Trinajstić information content (AvgIpc) is 3.87. The molecule has 5 aromatic rings. The number of amidine groups is 1. The molecule has 16 nitrogen and oxygen atoms in total. The normalized spacial score (nSPS) is 11.2. The molecule has 5 rings (SSSR count). The minimum Gasteiger partial charge on any atom is -0.451 e. The molecule has 1 aromatic carbocycles. The third-order valence-electron chi connectivity index (χ3n) is 7.94. The van der Waals surface area contributed by atoms with Crippen molar-refractivity contribution in [2.24, 2.45) is 26.1 Å². The number of halogens is 1. The van der Waals surface area contributed by atoms with Crippen molar-refractivity contribution in [3.05, 3.63) is 95.0 Å². The fourth-order valence-corrected chi connectivity index (χ4v) is 5.42. The first-order valence-corrected chi connectivity index (χ1v) is 16.6. The molecule has 0 saturated heterocycles. The first-order valence-electron chi connectivity index (χ1n) is 15.8. The van der Waals surface area contributed by atoms with Gasteiger partial charge in [-0.2, -0.15) is 0 Å². The summed E-state index contributed by atoms with van der Waals surface area (Å²) in [6, 6.07) is 11.1. The molecule has 17 heteroatoms. The third kappa shape index (κ3) is 8.50. The summed E-state index contributed by atoms with van der Waals surface area (Å²) >= 11 is 3.04. The number of hydrogen-bond donors (Lipinski definition) is 6. The van der Waals surface area contributed by atoms with E-state index in [4.69, 9.17) is 4.42 Å². The predicted molar refractivity (Wildman–Crippen MR) is 202 cm³/mol. The Labute approximate surface area is 306 Å². The summed E-state index contributed by atoms with van der Waals surface area (Å²) < 4.78 is 10.6. The topological polar surface area (TPSA) is 198 Å². The number of aromatic nitrogens is 3. The molecule has 6 N–H and O–H groups in total. The maximum Gasteiger partial charge on any atom is 0.291 e. The molecule has 0 saturated carbocycles. The monoisotopic (exact) mass is 772 g/mol. The van der Waals surface area contributed by atoms with Crippen molar-refractivity contribution in [2.45, 2.75) is 6.42 Å². The number of fused-ring (bicyclic) bond motifs is 1. The van der Waals surface area contributed by atoms with Crippen LogP contribution in [0.2, 0.25) is 0 Å². The number of rotatable bonds is 12. The summed E-state index contributed by atoms with van der Waals surface area (Å²) in [5.74, 6) is -1.36. The Morgan fingerprint density at radius 1 is 0.731 bits per heavy atom. The van der Waals surface area contributed by atoms with E-state index in [1.54, 1.807) is 97.9 Å². The van der Waals surface area contributed by atoms with Gasteiger partial charge in [-0.1, -0.05) is 6.58 Å². The van der Waals surface area contributed by atoms with Gasteiger partial charge in [-0.15, -0.1) is 0 Å². The van der Waals surface area contributed by atoms with Gasteiger partial charge < -0.3 is 50.0 Å². The largest absolute Gasteiger partial charge is 0.451 e. The number of benzene rings is 1. The SMILES string of the molecule is C=C(Br)C(=O)Nc1ccc2oc(C(=O)Nc3cc(C(=O)Nc4cc(C(=O)Nc5cc(C(=O)NCCC(=NC)NC)n(C)c5)n(C)c4)n(C)c3)cc2c1. The summed E-state index contributed by atoms with van der Waals surface area (Å²) in [5.41, 5.74) is 2.95. The number of nitrogens with zero attached hydrogens (tertiary/aromatic N) is 4. The molecular weight excluding hydrogens is 736 g/mol. The number of aryl methyl sites for hydroxylation is 3. The molecular formula is C35H37BrN10O6. The van der Waals surface area contributed by atoms with Crippen molar-refractivity contribution in [1.29, 1.82) is 0 Å². The number of nitrogens with one attached hydrogen (secondary N) is 6. The zero-order valence-electron chi connectivity index (χ0n) is 29.0. The lowest BCUT2D eigenvalue weighted by atomic mass is 10.2. The molecule has 0 fully saturated rings. The molecule has 270 valence electrons. The van der Waals surface area contributed by atoms with Gasteiger partial charge in [0.2, 0.25) is 0 Å². The van der Waals surface area contributed by atoms with Crippen molar-refractivity contribution in [1.82, 2.24) is 24.3 Å². The minimum atomic E-state index is -0.539. The van der Waals surface area contributed by atoms with Gasteiger partial charge in [-0.25, -0.2) is 0 Å². The van der Waals surface area contributed by atoms with Gasteiger partial charge in [-0.05, 0) is 58.4 Å². The first-order chi connectivity index (χ1) is 24.8. The van der Waals surface area contributed by atoms with Gasteiger partial charge in [0.05, 0.1) is 27.4 Å². The quantitative estimate of drug-likeness (QED) is 0.0613. The van der Waals surface area contributed by atoms with Crippen LogP contribution >= 0.6 is 15.9 Å². The number of amides is 5. The third-order valence-corrected chi connectivity index (χ3v) is 8.30. The van der Waals surface area contributed by atoms with Crippen LogP contribution in [-0.2, 0) is 25.9 Å². The van der Waals surface area contributed by atoms with Crippen LogP contribution in [0.4, 0.5) is 22.7 Å². The maximum atomic E-state index is 13.2. The van der Waals surface area contributed by atoms with E-state index in [0.717, 1.165) is 5.84 Å². The fraction of sp³-hybridized carbons (Fsp3) is 0.200. The van der Waals surface area contributed by atoms with Crippen LogP contribution in [0.15, 0.2) is 81.5 Å². The standard InChI is InChI=1S/C35H37BrN10O6/c1-19(36)31(47)40-21-7-8-28-20(11-21)12-29(52-28)35(51)43-24-15-27(46(6)18-24)34(50)42-23-14-26(45(5)17-23)33(49)41-22-13-25(44(4)16-22)32(48)39-10-9-30(37-2)38-3/h7-8,11-18H,1,9-10H2,2-6H3,(H,37,38)(H,39,48)(H,40,47)(H,41,49)(H,42,50)(H,43,51). The molecule has 0 aliphatic rings. The second kappa shape index (κ2) is 15.7. The molecule has 0 radical (unpaired) electrons. The molecule has 0 spiro atoms. The summed E-state index contributed by atoms with van der Waals surface area (Å²) in [6.45, 7) is 3.93. The number of carbonyl (C=O) groups excluding carboxylic acids is 5. The molecule has 0 bridgehead atoms. The van der Waals surface area contributed by atoms with E-state index in [-0.39, 0.29) is 27.5 Å². The Morgan fingerprint density at radius 3 is 1.75 bits per heavy atom. The van der Waals surface area contributed by atoms with Gasteiger partial charge in [0.15, 0.2) is 5.76 Å². The summed E-state index contributed by atoms with van der Waals surface area (Å²) in [7, 11) is 8.46. The summed E-state index contributed by atoms with van der Waals surface area (Å²) in [4.78, 5) is 68.2. The van der Waals surface area contributed by atoms with Crippen LogP contribution < -0.4 is 31.9 Å². The lowest BCUT2D eigenvalue weighted by molar-refractivity contribution is -0.112. The molecule has 4 heterocycles. The number of aliphatic imine (C=N–C) groups is 1. The van der Waals surface area contributed by atoms with Crippen molar-refractivity contribution in [3.8, 4) is 0 Å². The van der Waals surface area contributed by atoms with Crippen molar-refractivity contribution < 1.29 is 28.4 Å². The van der Waals surface area contributed by atoms with Crippen LogP contribution in [-0.4, -0.2) is 69.7 Å². The number of furan rings is 1. The van der Waals surface area contributed by atoms with E-state index in [0.29, 0.717) is 52.4 Å². The van der Waals surface area contributed by atoms with Gasteiger partial charge in [0.1, 0.15) is 22.7 Å². The highest BCUT2D eigenvalue weighted by atomic mass is 79.9. The Kier molecular flexibility index (Phi) is 11.1. The number of anilines is 4. The second-order valence-corrected chi connectivity index (χ2v) is 12.6. The lowest BCUT2D eigenvalue weighted by Gasteiger charge is -2.07. The second-order valence-electron chi connectivity index (χ2n) is 11.7. The van der Waals surface area contributed by atoms with Crippen molar-refractivity contribution in [3.63, 3.8) is 0 Å². The molecule has 0 unspecified atom stereocenters. The van der Waals surface area contributed by atoms with Crippen LogP contribution in [0.5, 0.6) is 0 Å². The first kappa shape index (κ1) is 36.9. The van der Waals surface area contributed by atoms with Gasteiger partial charge in [0.25, 0.3) is 29.5 Å². The minimum absolute atomic E-state index is 0.0319. The Morgan fingerprint density at radius 2 is 1.25 bits per heavy atom. The molecule has 0 aliphatic heterocycles. The summed E-state index contributed by atoms with van der Waals surface area (Å²) in [5, 5.41) is 17.4. The Hall–Kier alpha value is -6.36. The van der Waals surface area contributed by atoms with E-state index in [1.807, 2.05) is 0 Å². The van der Waals surface area contributed by atoms with Gasteiger partial charge >= 0.3 is 0 Å². The Balaban J connectivity index is 1.19. The predicted octanol–water partition coefficient (Wildman–Crippen LogP) is 4.42. The highest BCUT2D eigenvalue weighted by Gasteiger charge is 2.20. The zero-order chi connectivity index (χ0) is 37.7. The fourth-order valence-electron chi connectivity index (χ4n) is 5.32. The Bertz CT molecular complexity index is 2260. The van der Waals surface area contributed by atoms with E-state index < -0.39 is 23.6 Å². The highest BCUT2D eigenvalue weighted by molar-refractivity contribution is 9.12. The van der Waals surface area contributed by atoms with E-state index in [1.165, 1.54) is 12.1 Å². The van der Waals surface area contributed by atoms with Crippen LogP contribution in [0.1, 0.15) is 48.4 Å². The maximum absolute atomic E-state index is 13.2. The van der Waals surface area contributed by atoms with Crippen LogP contribution in [0.3, 0.4) is 0 Å². The molecule has 5 amide bonds. The smallest absolute Gasteiger partial charge is 0.291 e. The molecule has 0 atom stereocenters. The average molecular weight is 774 g/mol. The van der Waals surface area contributed by atoms with Crippen LogP contribution in [0, 0.1) is 0 Å². The van der Waals surface area contributed by atoms with Gasteiger partial charge in [-0.3, -0.25) is 29.0 Å². The van der Waals surface area contributed by atoms with Crippen molar-refractivity contribution in [2.75, 3.05) is 41.9 Å². The number of hydrogen-bond acceptors (Lipinski definition) is 7. The zero-order valence-corrected chi connectivity index (χ0v) is 30.6. The lowest BCUT2D eigenvalue weighted by Crippen LogP contribution is -2.30. The van der Waals surface area contributed by atoms with E-state index >= 15 is 0 Å². The highest BCUT2D eigenvalue weighted by Crippen LogP contribution is 2.25.